The van der Waals surface area contributed by atoms with E-state index in [1.807, 2.05) is 0 Å². The molecular weight excluding hydrogens is 239 g/mol. The molecule has 2 aromatic carbocycles. The molecular formula is C10H2Cl2Ti-10. The van der Waals surface area contributed by atoms with E-state index in [-0.39, 0.29) is 0 Å². The van der Waals surface area contributed by atoms with Gasteiger partial charge in [-0.25, -0.2) is 0 Å². The summed E-state index contributed by atoms with van der Waals surface area (Å²) in [7, 11) is 9.78. The van der Waals surface area contributed by atoms with E-state index in [4.69, 9.17) is 18.6 Å². The standard InChI is InChI=1S/2C5H.2ClH.Ti/c2*1-2-4-5-3-1;;;/h2*1H;2*1H;/q2*-5;;;+2/p-2. The zero-order valence-corrected chi connectivity index (χ0v) is 9.48. The van der Waals surface area contributed by atoms with Gasteiger partial charge in [0.05, 0.1) is 0 Å². The van der Waals surface area contributed by atoms with Crippen LogP contribution in [0.1, 0.15) is 0 Å². The van der Waals surface area contributed by atoms with E-state index in [9.17, 15) is 0 Å². The maximum absolute atomic E-state index is 4.89. The Kier molecular flexibility index (Phi) is 12.0. The van der Waals surface area contributed by atoms with E-state index in [2.05, 4.69) is 48.5 Å². The summed E-state index contributed by atoms with van der Waals surface area (Å²) in [6, 6.07) is 24.0. The molecule has 2 aromatic rings. The Hall–Kier alpha value is -0.00571. The maximum Gasteiger partial charge on any atom is -0.800 e. The number of rotatable bonds is 0. The molecule has 0 saturated heterocycles. The van der Waals surface area contributed by atoms with Crippen molar-refractivity contribution in [3.05, 3.63) is 60.7 Å². The minimum Gasteiger partial charge on any atom is -0.999 e. The summed E-state index contributed by atoms with van der Waals surface area (Å²) < 4.78 is 0. The first-order valence-electron chi connectivity index (χ1n) is 3.03. The van der Waals surface area contributed by atoms with Gasteiger partial charge in [0.15, 0.2) is 0 Å². The largest absolute Gasteiger partial charge is 0.999 e. The van der Waals surface area contributed by atoms with Crippen LogP contribution in [0.3, 0.4) is 0 Å². The molecule has 13 heavy (non-hydrogen) atoms. The van der Waals surface area contributed by atoms with E-state index < -0.39 is 17.0 Å². The molecule has 0 heterocycles. The van der Waals surface area contributed by atoms with Crippen molar-refractivity contribution in [2.45, 2.75) is 0 Å². The van der Waals surface area contributed by atoms with Crippen molar-refractivity contribution in [3.63, 3.8) is 0 Å². The predicted octanol–water partition coefficient (Wildman–Crippen LogP) is 2.59. The Morgan fingerprint density at radius 1 is 0.692 bits per heavy atom. The normalized spacial score (nSPS) is 7.23. The fourth-order valence-electron chi connectivity index (χ4n) is 0.361. The van der Waals surface area contributed by atoms with Crippen LogP contribution in [0.25, 0.3) is 0 Å². The van der Waals surface area contributed by atoms with E-state index >= 15 is 0 Å². The van der Waals surface area contributed by atoms with Crippen molar-refractivity contribution in [2.24, 2.45) is 0 Å². The van der Waals surface area contributed by atoms with E-state index in [1.165, 1.54) is 0 Å². The van der Waals surface area contributed by atoms with Crippen molar-refractivity contribution in [2.75, 3.05) is 0 Å². The van der Waals surface area contributed by atoms with Gasteiger partial charge in [-0.1, -0.05) is 0 Å². The van der Waals surface area contributed by atoms with Gasteiger partial charge in [-0.2, -0.15) is 0 Å². The summed E-state index contributed by atoms with van der Waals surface area (Å²) in [6.07, 6.45) is 0. The molecule has 0 aliphatic carbocycles. The van der Waals surface area contributed by atoms with E-state index in [0.717, 1.165) is 0 Å². The van der Waals surface area contributed by atoms with Crippen molar-refractivity contribution < 1.29 is 17.0 Å². The summed E-state index contributed by atoms with van der Waals surface area (Å²) >= 11 is -0.556. The Morgan fingerprint density at radius 2 is 0.923 bits per heavy atom. The average Bonchev–Trinajstić information content (AvgIpc) is 2.85. The molecule has 0 amide bonds. The smallest absolute Gasteiger partial charge is 0.800 e. The van der Waals surface area contributed by atoms with Gasteiger partial charge in [0.25, 0.3) is 0 Å². The second-order valence-corrected chi connectivity index (χ2v) is 4.02. The average molecular weight is 241 g/mol. The van der Waals surface area contributed by atoms with Crippen molar-refractivity contribution >= 4 is 18.6 Å². The summed E-state index contributed by atoms with van der Waals surface area (Å²) in [6.45, 7) is 0. The molecule has 0 aromatic heterocycles. The Morgan fingerprint density at radius 3 is 1.00 bits per heavy atom. The van der Waals surface area contributed by atoms with Gasteiger partial charge >= 0.3 is 35.6 Å². The van der Waals surface area contributed by atoms with Crippen LogP contribution in [0, 0.1) is 48.5 Å². The molecule has 0 aliphatic rings. The molecule has 0 N–H and O–H groups in total. The second kappa shape index (κ2) is 12.0. The fraction of sp³-hybridized carbons (Fsp3) is 0. The van der Waals surface area contributed by atoms with Crippen LogP contribution < -0.4 is 0 Å². The monoisotopic (exact) mass is 240 g/mol. The minimum absolute atomic E-state index is 0.556. The van der Waals surface area contributed by atoms with Crippen LogP contribution >= 0.6 is 18.6 Å². The molecule has 0 nitrogen and oxygen atoms in total. The van der Waals surface area contributed by atoms with Gasteiger partial charge < -0.3 is 60.7 Å². The molecule has 2 rings (SSSR count). The quantitative estimate of drug-likeness (QED) is 0.491. The molecule has 0 radical (unpaired) electrons. The SMILES string of the molecule is [Cl][Ti][Cl].[c-]1[c-][c-][cH-][c-]1.[c-]1[c-][c-][cH-][c-]1. The Labute approximate surface area is 95.9 Å². The Balaban J connectivity index is 0.000000174. The fourth-order valence-corrected chi connectivity index (χ4v) is 0.361. The molecule has 70 valence electrons. The predicted molar refractivity (Wildman–Crippen MR) is 46.5 cm³/mol. The summed E-state index contributed by atoms with van der Waals surface area (Å²) in [5, 5.41) is 0. The minimum atomic E-state index is -0.556. The van der Waals surface area contributed by atoms with Crippen LogP contribution in [0.5, 0.6) is 0 Å². The first-order valence-corrected chi connectivity index (χ1v) is 7.33. The van der Waals surface area contributed by atoms with Gasteiger partial charge in [-0.05, 0) is 0 Å². The maximum atomic E-state index is 4.89. The molecule has 0 aliphatic heterocycles. The van der Waals surface area contributed by atoms with E-state index in [0.29, 0.717) is 0 Å². The van der Waals surface area contributed by atoms with E-state index in [1.54, 1.807) is 12.1 Å². The van der Waals surface area contributed by atoms with Gasteiger partial charge in [0, 0.05) is 0 Å². The van der Waals surface area contributed by atoms with Gasteiger partial charge in [-0.3, -0.25) is 0 Å². The molecule has 0 fully saturated rings. The van der Waals surface area contributed by atoms with Crippen LogP contribution in [0.4, 0.5) is 0 Å². The molecule has 0 bridgehead atoms. The van der Waals surface area contributed by atoms with Crippen molar-refractivity contribution in [1.82, 2.24) is 0 Å². The van der Waals surface area contributed by atoms with Crippen molar-refractivity contribution in [1.29, 1.82) is 0 Å². The van der Waals surface area contributed by atoms with Gasteiger partial charge in [0.1, 0.15) is 0 Å². The molecule has 0 spiro atoms. The molecule has 0 saturated carbocycles. The first kappa shape index (κ1) is 13.0. The summed E-state index contributed by atoms with van der Waals surface area (Å²) in [4.78, 5) is 0. The van der Waals surface area contributed by atoms with Gasteiger partial charge in [-0.15, -0.1) is 0 Å². The van der Waals surface area contributed by atoms with Crippen LogP contribution in [0.15, 0.2) is 12.1 Å². The van der Waals surface area contributed by atoms with Gasteiger partial charge in [0.2, 0.25) is 0 Å². The number of hydrogen-bond donors (Lipinski definition) is 0. The zero-order valence-electron chi connectivity index (χ0n) is 6.41. The molecule has 0 atom stereocenters. The van der Waals surface area contributed by atoms with Crippen molar-refractivity contribution in [3.8, 4) is 0 Å². The molecule has 3 heteroatoms. The summed E-state index contributed by atoms with van der Waals surface area (Å²) in [5.74, 6) is 0. The van der Waals surface area contributed by atoms with Crippen LogP contribution in [-0.2, 0) is 17.0 Å². The topological polar surface area (TPSA) is 0 Å². The third-order valence-corrected chi connectivity index (χ3v) is 0.702. The first-order chi connectivity index (χ1) is 6.41. The molecule has 0 unspecified atom stereocenters. The Bertz CT molecular complexity index is 165. The van der Waals surface area contributed by atoms with Crippen LogP contribution in [0.2, 0.25) is 0 Å². The third-order valence-electron chi connectivity index (χ3n) is 0.702. The number of halogens is 2. The second-order valence-electron chi connectivity index (χ2n) is 1.44. The number of hydrogen-bond acceptors (Lipinski definition) is 0. The van der Waals surface area contributed by atoms with Crippen LogP contribution in [-0.4, -0.2) is 0 Å². The summed E-state index contributed by atoms with van der Waals surface area (Å²) in [5.41, 5.74) is 0. The zero-order chi connectivity index (χ0) is 9.78. The third kappa shape index (κ3) is 12.0.